The van der Waals surface area contributed by atoms with Gasteiger partial charge in [0.1, 0.15) is 17.4 Å². The van der Waals surface area contributed by atoms with Crippen LogP contribution in [0.15, 0.2) is 42.6 Å². The number of ether oxygens (including phenoxy) is 2. The minimum Gasteiger partial charge on any atom is -0.489 e. The molecule has 6 nitrogen and oxygen atoms in total. The lowest BCUT2D eigenvalue weighted by Gasteiger charge is -2.14. The molecule has 1 heterocycles. The number of nitrogens with zero attached hydrogens (tertiary/aromatic N) is 1. The molecule has 3 aromatic rings. The van der Waals surface area contributed by atoms with Crippen LogP contribution in [0.3, 0.4) is 0 Å². The number of hydrogen-bond acceptors (Lipinski definition) is 6. The molecule has 31 heavy (non-hydrogen) atoms. The lowest BCUT2D eigenvalue weighted by Crippen LogP contribution is -2.30. The van der Waals surface area contributed by atoms with Gasteiger partial charge in [-0.05, 0) is 61.6 Å². The number of amides is 1. The Bertz CT molecular complexity index is 1090. The summed E-state index contributed by atoms with van der Waals surface area (Å²) in [6.45, 7) is 4.03. The van der Waals surface area contributed by atoms with Crippen molar-refractivity contribution >= 4 is 22.9 Å². The molecule has 2 aromatic carbocycles. The van der Waals surface area contributed by atoms with Crippen molar-refractivity contribution in [2.24, 2.45) is 0 Å². The zero-order valence-electron chi connectivity index (χ0n) is 18.0. The number of methoxy groups -OCH3 is 1. The van der Waals surface area contributed by atoms with E-state index in [9.17, 15) is 4.79 Å². The Morgan fingerprint density at radius 2 is 2.16 bits per heavy atom. The van der Waals surface area contributed by atoms with E-state index < -0.39 is 0 Å². The van der Waals surface area contributed by atoms with E-state index in [-0.39, 0.29) is 24.7 Å². The second-order valence-electron chi connectivity index (χ2n) is 7.91. The van der Waals surface area contributed by atoms with E-state index in [1.165, 1.54) is 23.8 Å². The van der Waals surface area contributed by atoms with Crippen molar-refractivity contribution in [1.82, 2.24) is 10.3 Å². The van der Waals surface area contributed by atoms with Gasteiger partial charge in [-0.2, -0.15) is 0 Å². The molecular formula is C24H27N3O3S. The van der Waals surface area contributed by atoms with Gasteiger partial charge in [-0.3, -0.25) is 4.79 Å². The Morgan fingerprint density at radius 1 is 1.32 bits per heavy atom. The van der Waals surface area contributed by atoms with Gasteiger partial charge in [0, 0.05) is 18.9 Å². The standard InChI is InChI=1S/C24H27N3O3S/c1-14(2)30-21-10-7-15(11-19(21)25)24-26-12-22(31-24)18-6-4-5-17-16(18)8-9-20(17)27-23(28)13-29-3/h4-7,10-12,14,20H,8-9,13,25H2,1-3H3,(H,27,28)/t20-/m0/s1. The normalized spacial score (nSPS) is 15.2. The number of carbonyl (C=O) groups is 1. The molecule has 0 unspecified atom stereocenters. The van der Waals surface area contributed by atoms with Crippen LogP contribution < -0.4 is 15.8 Å². The number of benzene rings is 2. The Hall–Kier alpha value is -2.90. The summed E-state index contributed by atoms with van der Waals surface area (Å²) in [6.07, 6.45) is 3.80. The number of nitrogen functional groups attached to an aromatic ring is 1. The van der Waals surface area contributed by atoms with Gasteiger partial charge in [0.2, 0.25) is 5.91 Å². The van der Waals surface area contributed by atoms with Crippen molar-refractivity contribution in [3.8, 4) is 26.8 Å². The van der Waals surface area contributed by atoms with Crippen LogP contribution in [0.2, 0.25) is 0 Å². The monoisotopic (exact) mass is 437 g/mol. The van der Waals surface area contributed by atoms with Gasteiger partial charge >= 0.3 is 0 Å². The lowest BCUT2D eigenvalue weighted by molar-refractivity contribution is -0.125. The Kier molecular flexibility index (Phi) is 6.25. The van der Waals surface area contributed by atoms with E-state index in [1.807, 2.05) is 44.3 Å². The molecular weight excluding hydrogens is 410 g/mol. The van der Waals surface area contributed by atoms with Crippen molar-refractivity contribution in [3.05, 3.63) is 53.7 Å². The van der Waals surface area contributed by atoms with E-state index in [4.69, 9.17) is 15.2 Å². The molecule has 1 aromatic heterocycles. The first kappa shape index (κ1) is 21.3. The fourth-order valence-corrected chi connectivity index (χ4v) is 4.94. The SMILES string of the molecule is COCC(=O)N[C@H]1CCc2c(-c3cnc(-c4ccc(OC(C)C)c(N)c4)s3)cccc21. The van der Waals surface area contributed by atoms with E-state index >= 15 is 0 Å². The summed E-state index contributed by atoms with van der Waals surface area (Å²) in [6, 6.07) is 12.1. The number of carbonyl (C=O) groups excluding carboxylic acids is 1. The fourth-order valence-electron chi connectivity index (χ4n) is 3.98. The molecule has 0 aliphatic heterocycles. The maximum atomic E-state index is 12.0. The highest BCUT2D eigenvalue weighted by Gasteiger charge is 2.26. The van der Waals surface area contributed by atoms with Crippen molar-refractivity contribution in [3.63, 3.8) is 0 Å². The third-order valence-corrected chi connectivity index (χ3v) is 6.35. The van der Waals surface area contributed by atoms with Crippen LogP contribution in [0.1, 0.15) is 37.4 Å². The second kappa shape index (κ2) is 9.08. The molecule has 0 spiro atoms. The van der Waals surface area contributed by atoms with Gasteiger partial charge in [-0.1, -0.05) is 18.2 Å². The Balaban J connectivity index is 1.59. The minimum atomic E-state index is -0.0895. The van der Waals surface area contributed by atoms with Gasteiger partial charge in [-0.25, -0.2) is 4.98 Å². The van der Waals surface area contributed by atoms with E-state index in [2.05, 4.69) is 22.4 Å². The average Bonchev–Trinajstić information content (AvgIpc) is 3.37. The summed E-state index contributed by atoms with van der Waals surface area (Å²) in [7, 11) is 1.53. The number of thiazole rings is 1. The predicted molar refractivity (Wildman–Crippen MR) is 124 cm³/mol. The molecule has 3 N–H and O–H groups in total. The van der Waals surface area contributed by atoms with Crippen LogP contribution in [0.25, 0.3) is 21.0 Å². The Labute approximate surface area is 186 Å². The van der Waals surface area contributed by atoms with Crippen LogP contribution in [-0.4, -0.2) is 30.7 Å². The maximum Gasteiger partial charge on any atom is 0.246 e. The number of aromatic nitrogens is 1. The highest BCUT2D eigenvalue weighted by Crippen LogP contribution is 2.41. The number of nitrogens with two attached hydrogens (primary N) is 1. The molecule has 0 saturated heterocycles. The zero-order valence-corrected chi connectivity index (χ0v) is 18.8. The molecule has 4 rings (SSSR count). The molecule has 1 atom stereocenters. The topological polar surface area (TPSA) is 86.5 Å². The number of nitrogens with one attached hydrogen (secondary N) is 1. The smallest absolute Gasteiger partial charge is 0.246 e. The molecule has 0 bridgehead atoms. The molecule has 1 amide bonds. The van der Waals surface area contributed by atoms with Crippen LogP contribution in [-0.2, 0) is 16.0 Å². The fraction of sp³-hybridized carbons (Fsp3) is 0.333. The maximum absolute atomic E-state index is 12.0. The third kappa shape index (κ3) is 4.57. The van der Waals surface area contributed by atoms with Crippen molar-refractivity contribution in [2.45, 2.75) is 38.8 Å². The molecule has 0 radical (unpaired) electrons. The van der Waals surface area contributed by atoms with Crippen LogP contribution in [0, 0.1) is 0 Å². The van der Waals surface area contributed by atoms with Crippen LogP contribution >= 0.6 is 11.3 Å². The van der Waals surface area contributed by atoms with Crippen molar-refractivity contribution in [2.75, 3.05) is 19.5 Å². The minimum absolute atomic E-state index is 0.0262. The highest BCUT2D eigenvalue weighted by atomic mass is 32.1. The molecule has 0 fully saturated rings. The zero-order chi connectivity index (χ0) is 22.0. The first-order valence-corrected chi connectivity index (χ1v) is 11.2. The molecule has 1 aliphatic rings. The van der Waals surface area contributed by atoms with Gasteiger partial charge in [0.05, 0.1) is 22.7 Å². The molecule has 1 aliphatic carbocycles. The summed E-state index contributed by atoms with van der Waals surface area (Å²) in [4.78, 5) is 17.7. The summed E-state index contributed by atoms with van der Waals surface area (Å²) >= 11 is 1.64. The Morgan fingerprint density at radius 3 is 2.90 bits per heavy atom. The van der Waals surface area contributed by atoms with E-state index in [0.717, 1.165) is 28.3 Å². The molecule has 162 valence electrons. The van der Waals surface area contributed by atoms with Crippen molar-refractivity contribution < 1.29 is 14.3 Å². The van der Waals surface area contributed by atoms with Crippen molar-refractivity contribution in [1.29, 1.82) is 0 Å². The number of fused-ring (bicyclic) bond motifs is 1. The van der Waals surface area contributed by atoms with E-state index in [0.29, 0.717) is 11.4 Å². The molecule has 0 saturated carbocycles. The van der Waals surface area contributed by atoms with Crippen LogP contribution in [0.4, 0.5) is 5.69 Å². The second-order valence-corrected chi connectivity index (χ2v) is 8.94. The lowest BCUT2D eigenvalue weighted by atomic mass is 10.0. The first-order valence-electron chi connectivity index (χ1n) is 10.4. The third-order valence-electron chi connectivity index (χ3n) is 5.27. The number of hydrogen-bond donors (Lipinski definition) is 2. The largest absolute Gasteiger partial charge is 0.489 e. The first-order chi connectivity index (χ1) is 15.0. The van der Waals surface area contributed by atoms with Gasteiger partial charge in [0.25, 0.3) is 0 Å². The number of anilines is 1. The summed E-state index contributed by atoms with van der Waals surface area (Å²) in [5.74, 6) is 0.603. The number of rotatable bonds is 7. The van der Waals surface area contributed by atoms with Gasteiger partial charge < -0.3 is 20.5 Å². The van der Waals surface area contributed by atoms with E-state index in [1.54, 1.807) is 11.3 Å². The highest BCUT2D eigenvalue weighted by molar-refractivity contribution is 7.18. The van der Waals surface area contributed by atoms with Crippen LogP contribution in [0.5, 0.6) is 5.75 Å². The summed E-state index contributed by atoms with van der Waals surface area (Å²) < 4.78 is 10.7. The summed E-state index contributed by atoms with van der Waals surface area (Å²) in [5, 5.41) is 3.98. The van der Waals surface area contributed by atoms with Gasteiger partial charge in [0.15, 0.2) is 0 Å². The molecule has 7 heteroatoms. The quantitative estimate of drug-likeness (QED) is 0.528. The average molecular weight is 438 g/mol. The summed E-state index contributed by atoms with van der Waals surface area (Å²) in [5.41, 5.74) is 11.4. The predicted octanol–water partition coefficient (Wildman–Crippen LogP) is 4.60. The van der Waals surface area contributed by atoms with Gasteiger partial charge in [-0.15, -0.1) is 11.3 Å².